The number of halogens is 2. The molecule has 12 heteroatoms. The molecule has 1 heterocycles. The molecule has 3 N–H and O–H groups in total. The lowest BCUT2D eigenvalue weighted by atomic mass is 10.1. The number of carbonyl (C=O) groups excluding carboxylic acids is 1. The van der Waals surface area contributed by atoms with Crippen molar-refractivity contribution in [1.29, 1.82) is 0 Å². The molecule has 0 spiro atoms. The molecule has 1 amide bonds. The molecule has 0 unspecified atom stereocenters. The van der Waals surface area contributed by atoms with Gasteiger partial charge in [0.1, 0.15) is 38.3 Å². The SMILES string of the molecule is NS(=O)(=O)c1ccccc1S(=O)(=O)NC(=O)c1c(F)cc(-c2cc3ccccc3o2)cc1F. The van der Waals surface area contributed by atoms with Crippen LogP contribution >= 0.6 is 0 Å². The van der Waals surface area contributed by atoms with Gasteiger partial charge < -0.3 is 4.42 Å². The number of fused-ring (bicyclic) bond motifs is 1. The van der Waals surface area contributed by atoms with Crippen LogP contribution in [0.15, 0.2) is 80.9 Å². The lowest BCUT2D eigenvalue weighted by molar-refractivity contribution is 0.0973. The van der Waals surface area contributed by atoms with Crippen LogP contribution in [0.1, 0.15) is 10.4 Å². The van der Waals surface area contributed by atoms with E-state index in [1.807, 2.05) is 0 Å². The maximum absolute atomic E-state index is 14.7. The number of hydrogen-bond donors (Lipinski definition) is 2. The summed E-state index contributed by atoms with van der Waals surface area (Å²) in [6.07, 6.45) is 0. The average Bonchev–Trinajstić information content (AvgIpc) is 3.16. The predicted molar refractivity (Wildman–Crippen MR) is 114 cm³/mol. The Bertz CT molecular complexity index is 1570. The van der Waals surface area contributed by atoms with E-state index >= 15 is 0 Å². The van der Waals surface area contributed by atoms with Gasteiger partial charge >= 0.3 is 0 Å². The first-order valence-electron chi connectivity index (χ1n) is 9.14. The second kappa shape index (κ2) is 8.06. The predicted octanol–water partition coefficient (Wildman–Crippen LogP) is 3.14. The molecule has 170 valence electrons. The van der Waals surface area contributed by atoms with Crippen LogP contribution < -0.4 is 9.86 Å². The summed E-state index contributed by atoms with van der Waals surface area (Å²) in [4.78, 5) is 10.8. The van der Waals surface area contributed by atoms with Crippen molar-refractivity contribution in [3.05, 3.63) is 83.9 Å². The molecule has 3 aromatic carbocycles. The molecule has 0 aliphatic rings. The van der Waals surface area contributed by atoms with Crippen LogP contribution in [-0.4, -0.2) is 22.7 Å². The fraction of sp³-hybridized carbons (Fsp3) is 0. The molecule has 0 radical (unpaired) electrons. The molecule has 0 saturated heterocycles. The fourth-order valence-electron chi connectivity index (χ4n) is 3.19. The number of nitrogens with two attached hydrogens (primary N) is 1. The van der Waals surface area contributed by atoms with Crippen LogP contribution in [0.2, 0.25) is 0 Å². The van der Waals surface area contributed by atoms with E-state index in [4.69, 9.17) is 9.56 Å². The Morgan fingerprint density at radius 2 is 1.42 bits per heavy atom. The summed E-state index contributed by atoms with van der Waals surface area (Å²) >= 11 is 0. The Morgan fingerprint density at radius 1 is 0.848 bits per heavy atom. The molecule has 1 aromatic heterocycles. The van der Waals surface area contributed by atoms with Gasteiger partial charge in [0.2, 0.25) is 10.0 Å². The second-order valence-corrected chi connectivity index (χ2v) is 10.1. The molecule has 8 nitrogen and oxygen atoms in total. The minimum Gasteiger partial charge on any atom is -0.456 e. The van der Waals surface area contributed by atoms with Gasteiger partial charge in [-0.25, -0.2) is 35.5 Å². The van der Waals surface area contributed by atoms with Gasteiger partial charge in [-0.3, -0.25) is 4.79 Å². The number of benzene rings is 3. The van der Waals surface area contributed by atoms with Crippen molar-refractivity contribution in [3.63, 3.8) is 0 Å². The van der Waals surface area contributed by atoms with Gasteiger partial charge in [0, 0.05) is 10.9 Å². The van der Waals surface area contributed by atoms with Crippen molar-refractivity contribution in [1.82, 2.24) is 4.72 Å². The number of primary sulfonamides is 1. The Morgan fingerprint density at radius 3 is 2.03 bits per heavy atom. The van der Waals surface area contributed by atoms with E-state index in [0.717, 1.165) is 24.3 Å². The summed E-state index contributed by atoms with van der Waals surface area (Å²) in [5.74, 6) is -4.20. The molecule has 4 rings (SSSR count). The van der Waals surface area contributed by atoms with Crippen molar-refractivity contribution < 1.29 is 34.8 Å². The highest BCUT2D eigenvalue weighted by atomic mass is 32.2. The van der Waals surface area contributed by atoms with E-state index in [9.17, 15) is 30.4 Å². The van der Waals surface area contributed by atoms with Crippen LogP contribution in [0.25, 0.3) is 22.3 Å². The van der Waals surface area contributed by atoms with E-state index in [1.54, 1.807) is 30.3 Å². The number of para-hydroxylation sites is 1. The third-order valence-electron chi connectivity index (χ3n) is 4.65. The Kier molecular flexibility index (Phi) is 5.52. The third kappa shape index (κ3) is 4.35. The molecule has 0 aliphatic carbocycles. The molecule has 0 atom stereocenters. The summed E-state index contributed by atoms with van der Waals surface area (Å²) in [5.41, 5.74) is -0.707. The summed E-state index contributed by atoms with van der Waals surface area (Å²) in [6.45, 7) is 0. The zero-order valence-electron chi connectivity index (χ0n) is 16.5. The van der Waals surface area contributed by atoms with Crippen molar-refractivity contribution in [2.75, 3.05) is 0 Å². The van der Waals surface area contributed by atoms with Crippen molar-refractivity contribution in [2.45, 2.75) is 9.79 Å². The smallest absolute Gasteiger partial charge is 0.270 e. The van der Waals surface area contributed by atoms with Gasteiger partial charge in [-0.1, -0.05) is 30.3 Å². The van der Waals surface area contributed by atoms with E-state index in [2.05, 4.69) is 0 Å². The number of hydrogen-bond acceptors (Lipinski definition) is 6. The first kappa shape index (κ1) is 22.6. The van der Waals surface area contributed by atoms with Gasteiger partial charge in [0.15, 0.2) is 0 Å². The molecule has 4 aromatic rings. The van der Waals surface area contributed by atoms with Crippen molar-refractivity contribution >= 4 is 36.9 Å². The van der Waals surface area contributed by atoms with Gasteiger partial charge in [-0.15, -0.1) is 0 Å². The average molecular weight is 492 g/mol. The molecule has 0 bridgehead atoms. The lowest BCUT2D eigenvalue weighted by Gasteiger charge is -2.11. The summed E-state index contributed by atoms with van der Waals surface area (Å²) in [6, 6.07) is 14.3. The summed E-state index contributed by atoms with van der Waals surface area (Å²) in [7, 11) is -9.32. The highest BCUT2D eigenvalue weighted by molar-refractivity contribution is 7.92. The van der Waals surface area contributed by atoms with E-state index in [-0.39, 0.29) is 11.3 Å². The van der Waals surface area contributed by atoms with E-state index in [0.29, 0.717) is 11.0 Å². The van der Waals surface area contributed by atoms with Crippen LogP contribution in [0.4, 0.5) is 8.78 Å². The zero-order chi connectivity index (χ0) is 24.0. The Hall–Kier alpha value is -3.61. The van der Waals surface area contributed by atoms with Crippen LogP contribution in [0, 0.1) is 11.6 Å². The molecular formula is C21H14F2N2O6S2. The van der Waals surface area contributed by atoms with E-state index < -0.39 is 52.9 Å². The molecule has 0 saturated carbocycles. The third-order valence-corrected chi connectivity index (χ3v) is 7.14. The first-order chi connectivity index (χ1) is 15.5. The standard InChI is InChI=1S/C21H14F2N2O6S2/c22-14-9-13(17-11-12-5-1-2-6-16(12)31-17)10-15(23)20(14)21(26)25-33(29,30)19-8-4-3-7-18(19)32(24,27)28/h1-11H,(H,25,26)(H2,24,27,28). The normalized spacial score (nSPS) is 12.1. The molecule has 0 aliphatic heterocycles. The highest BCUT2D eigenvalue weighted by Crippen LogP contribution is 2.30. The molecule has 33 heavy (non-hydrogen) atoms. The number of rotatable bonds is 5. The molecular weight excluding hydrogens is 478 g/mol. The van der Waals surface area contributed by atoms with Gasteiger partial charge in [0.05, 0.1) is 0 Å². The Balaban J connectivity index is 1.70. The highest BCUT2D eigenvalue weighted by Gasteiger charge is 2.29. The topological polar surface area (TPSA) is 137 Å². The lowest BCUT2D eigenvalue weighted by Crippen LogP contribution is -2.33. The summed E-state index contributed by atoms with van der Waals surface area (Å²) in [5, 5.41) is 5.70. The maximum Gasteiger partial charge on any atom is 0.270 e. The monoisotopic (exact) mass is 492 g/mol. The number of sulfonamides is 2. The Labute approximate surface area is 186 Å². The van der Waals surface area contributed by atoms with Gasteiger partial charge in [0.25, 0.3) is 15.9 Å². The van der Waals surface area contributed by atoms with Crippen LogP contribution in [-0.2, 0) is 20.0 Å². The van der Waals surface area contributed by atoms with Crippen LogP contribution in [0.3, 0.4) is 0 Å². The maximum atomic E-state index is 14.7. The number of amides is 1. The number of nitrogens with one attached hydrogen (secondary N) is 1. The minimum atomic E-state index is -4.85. The largest absolute Gasteiger partial charge is 0.456 e. The summed E-state index contributed by atoms with van der Waals surface area (Å²) < 4.78 is 84.9. The number of carbonyl (C=O) groups is 1. The van der Waals surface area contributed by atoms with Crippen LogP contribution in [0.5, 0.6) is 0 Å². The van der Waals surface area contributed by atoms with Gasteiger partial charge in [-0.05, 0) is 36.4 Å². The number of furan rings is 1. The van der Waals surface area contributed by atoms with E-state index in [1.165, 1.54) is 16.9 Å². The minimum absolute atomic E-state index is 0.0137. The quantitative estimate of drug-likeness (QED) is 0.439. The first-order valence-corrected chi connectivity index (χ1v) is 12.2. The fourth-order valence-corrected chi connectivity index (χ4v) is 5.53. The zero-order valence-corrected chi connectivity index (χ0v) is 18.1. The van der Waals surface area contributed by atoms with Gasteiger partial charge in [-0.2, -0.15) is 0 Å². The second-order valence-electron chi connectivity index (χ2n) is 6.89. The van der Waals surface area contributed by atoms with Crippen molar-refractivity contribution in [2.24, 2.45) is 5.14 Å². The van der Waals surface area contributed by atoms with Crippen molar-refractivity contribution in [3.8, 4) is 11.3 Å². The molecule has 0 fully saturated rings.